The summed E-state index contributed by atoms with van der Waals surface area (Å²) in [4.78, 5) is 13.7. The zero-order chi connectivity index (χ0) is 15.1. The molecule has 0 fully saturated rings. The van der Waals surface area contributed by atoms with Gasteiger partial charge in [-0.15, -0.1) is 0 Å². The summed E-state index contributed by atoms with van der Waals surface area (Å²) in [5.41, 5.74) is 2.10. The summed E-state index contributed by atoms with van der Waals surface area (Å²) < 4.78 is 0. The van der Waals surface area contributed by atoms with E-state index in [9.17, 15) is 9.90 Å². The Hall–Kier alpha value is -1.81. The quantitative estimate of drug-likeness (QED) is 0.782. The number of hydrogen-bond acceptors (Lipinski definition) is 3. The van der Waals surface area contributed by atoms with E-state index in [2.05, 4.69) is 5.32 Å². The fourth-order valence-corrected chi connectivity index (χ4v) is 1.92. The highest BCUT2D eigenvalue weighted by Gasteiger charge is 2.07. The van der Waals surface area contributed by atoms with Crippen molar-refractivity contribution >= 4 is 17.7 Å². The van der Waals surface area contributed by atoms with Crippen LogP contribution in [0.2, 0.25) is 0 Å². The van der Waals surface area contributed by atoms with Gasteiger partial charge in [0.15, 0.2) is 0 Å². The van der Waals surface area contributed by atoms with Crippen LogP contribution in [0, 0.1) is 0 Å². The molecular weight excluding hydrogens is 252 g/mol. The van der Waals surface area contributed by atoms with Crippen LogP contribution in [0.4, 0.5) is 5.69 Å². The molecular formula is C16H24N2O2. The van der Waals surface area contributed by atoms with E-state index in [4.69, 9.17) is 0 Å². The summed E-state index contributed by atoms with van der Waals surface area (Å²) in [5, 5.41) is 12.1. The second-order valence-electron chi connectivity index (χ2n) is 5.31. The Morgan fingerprint density at radius 1 is 1.30 bits per heavy atom. The fourth-order valence-electron chi connectivity index (χ4n) is 1.92. The Morgan fingerprint density at radius 3 is 2.40 bits per heavy atom. The fraction of sp³-hybridized carbons (Fsp3) is 0.438. The van der Waals surface area contributed by atoms with Gasteiger partial charge in [0.2, 0.25) is 5.91 Å². The maximum absolute atomic E-state index is 11.7. The Bertz CT molecular complexity index is 450. The first-order valence-corrected chi connectivity index (χ1v) is 6.82. The number of hydrogen-bond donors (Lipinski definition) is 2. The van der Waals surface area contributed by atoms with Gasteiger partial charge in [0.25, 0.3) is 0 Å². The van der Waals surface area contributed by atoms with Crippen LogP contribution in [0.3, 0.4) is 0 Å². The number of benzene rings is 1. The number of carbonyl (C=O) groups excluding carboxylic acids is 1. The first-order chi connectivity index (χ1) is 9.38. The molecule has 0 bridgehead atoms. The third kappa shape index (κ3) is 5.89. The van der Waals surface area contributed by atoms with E-state index in [-0.39, 0.29) is 11.9 Å². The van der Waals surface area contributed by atoms with Crippen LogP contribution in [0.1, 0.15) is 25.8 Å². The third-order valence-corrected chi connectivity index (χ3v) is 2.92. The molecule has 0 spiro atoms. The lowest BCUT2D eigenvalue weighted by Gasteiger charge is -2.14. The smallest absolute Gasteiger partial charge is 0.244 e. The molecule has 1 rings (SSSR count). The molecule has 0 aromatic heterocycles. The first-order valence-electron chi connectivity index (χ1n) is 6.82. The van der Waals surface area contributed by atoms with Crippen molar-refractivity contribution < 1.29 is 9.90 Å². The monoisotopic (exact) mass is 276 g/mol. The number of aliphatic hydroxyl groups is 1. The van der Waals surface area contributed by atoms with Crippen molar-refractivity contribution in [1.29, 1.82) is 0 Å². The molecule has 110 valence electrons. The Morgan fingerprint density at radius 2 is 1.90 bits per heavy atom. The predicted molar refractivity (Wildman–Crippen MR) is 83.7 cm³/mol. The van der Waals surface area contributed by atoms with E-state index in [1.807, 2.05) is 50.2 Å². The molecule has 1 aromatic carbocycles. The van der Waals surface area contributed by atoms with Gasteiger partial charge >= 0.3 is 0 Å². The summed E-state index contributed by atoms with van der Waals surface area (Å²) in [6, 6.07) is 7.92. The number of rotatable bonds is 6. The highest BCUT2D eigenvalue weighted by atomic mass is 16.3. The van der Waals surface area contributed by atoms with Crippen LogP contribution in [0.15, 0.2) is 30.3 Å². The zero-order valence-electron chi connectivity index (χ0n) is 12.6. The van der Waals surface area contributed by atoms with Crippen LogP contribution in [0.25, 0.3) is 6.08 Å². The van der Waals surface area contributed by atoms with Gasteiger partial charge in [-0.2, -0.15) is 0 Å². The number of amides is 1. The number of nitrogens with zero attached hydrogens (tertiary/aromatic N) is 1. The summed E-state index contributed by atoms with van der Waals surface area (Å²) in [6.45, 7) is 3.59. The van der Waals surface area contributed by atoms with Crippen LogP contribution in [-0.2, 0) is 4.79 Å². The molecule has 0 saturated heterocycles. The molecule has 0 radical (unpaired) electrons. The molecule has 20 heavy (non-hydrogen) atoms. The van der Waals surface area contributed by atoms with Crippen LogP contribution >= 0.6 is 0 Å². The molecule has 2 N–H and O–H groups in total. The van der Waals surface area contributed by atoms with Crippen LogP contribution in [-0.4, -0.2) is 37.3 Å². The van der Waals surface area contributed by atoms with E-state index in [1.165, 1.54) is 6.08 Å². The van der Waals surface area contributed by atoms with Crippen molar-refractivity contribution in [3.05, 3.63) is 35.9 Å². The van der Waals surface area contributed by atoms with Gasteiger partial charge in [-0.25, -0.2) is 0 Å². The largest absolute Gasteiger partial charge is 0.393 e. The second-order valence-corrected chi connectivity index (χ2v) is 5.31. The number of aliphatic hydroxyl groups excluding tert-OH is 1. The SMILES string of the molecule is CC(O)CC(C)NC(=O)/C=C/c1ccc(N(C)C)cc1. The molecule has 0 heterocycles. The van der Waals surface area contributed by atoms with Crippen LogP contribution in [0.5, 0.6) is 0 Å². The van der Waals surface area contributed by atoms with E-state index in [1.54, 1.807) is 13.0 Å². The number of carbonyl (C=O) groups is 1. The van der Waals surface area contributed by atoms with Gasteiger partial charge in [-0.1, -0.05) is 12.1 Å². The minimum atomic E-state index is -0.409. The van der Waals surface area contributed by atoms with Gasteiger partial charge in [0.1, 0.15) is 0 Å². The molecule has 0 aliphatic heterocycles. The molecule has 4 heteroatoms. The van der Waals surface area contributed by atoms with E-state index < -0.39 is 6.10 Å². The van der Waals surface area contributed by atoms with Crippen molar-refractivity contribution in [1.82, 2.24) is 5.32 Å². The summed E-state index contributed by atoms with van der Waals surface area (Å²) in [7, 11) is 3.98. The van der Waals surface area contributed by atoms with Gasteiger partial charge in [-0.3, -0.25) is 4.79 Å². The first kappa shape index (κ1) is 16.2. The molecule has 0 aliphatic carbocycles. The minimum absolute atomic E-state index is 0.0386. The lowest BCUT2D eigenvalue weighted by molar-refractivity contribution is -0.117. The predicted octanol–water partition coefficient (Wildman–Crippen LogP) is 2.04. The molecule has 2 atom stereocenters. The third-order valence-electron chi connectivity index (χ3n) is 2.92. The summed E-state index contributed by atoms with van der Waals surface area (Å²) in [5.74, 6) is -0.144. The molecule has 2 unspecified atom stereocenters. The Labute approximate surface area is 121 Å². The Balaban J connectivity index is 2.52. The van der Waals surface area contributed by atoms with E-state index >= 15 is 0 Å². The minimum Gasteiger partial charge on any atom is -0.393 e. The van der Waals surface area contributed by atoms with Gasteiger partial charge in [0.05, 0.1) is 6.10 Å². The Kier molecular flexibility index (Phi) is 6.25. The molecule has 1 amide bonds. The highest BCUT2D eigenvalue weighted by Crippen LogP contribution is 2.13. The van der Waals surface area contributed by atoms with Crippen molar-refractivity contribution in [3.8, 4) is 0 Å². The zero-order valence-corrected chi connectivity index (χ0v) is 12.6. The standard InChI is InChI=1S/C16H24N2O2/c1-12(11-13(2)19)17-16(20)10-7-14-5-8-15(9-6-14)18(3)4/h5-10,12-13,19H,11H2,1-4H3,(H,17,20)/b10-7+. The number of anilines is 1. The summed E-state index contributed by atoms with van der Waals surface area (Å²) in [6.07, 6.45) is 3.44. The second kappa shape index (κ2) is 7.70. The van der Waals surface area contributed by atoms with Gasteiger partial charge in [-0.05, 0) is 44.0 Å². The van der Waals surface area contributed by atoms with Crippen molar-refractivity contribution in [2.75, 3.05) is 19.0 Å². The average Bonchev–Trinajstić information content (AvgIpc) is 2.35. The van der Waals surface area contributed by atoms with Crippen molar-refractivity contribution in [2.45, 2.75) is 32.4 Å². The highest BCUT2D eigenvalue weighted by molar-refractivity contribution is 5.91. The average molecular weight is 276 g/mol. The van der Waals surface area contributed by atoms with E-state index in [0.29, 0.717) is 6.42 Å². The molecule has 0 saturated carbocycles. The number of nitrogens with one attached hydrogen (secondary N) is 1. The van der Waals surface area contributed by atoms with E-state index in [0.717, 1.165) is 11.3 Å². The maximum Gasteiger partial charge on any atom is 0.244 e. The summed E-state index contributed by atoms with van der Waals surface area (Å²) >= 11 is 0. The lowest BCUT2D eigenvalue weighted by Crippen LogP contribution is -2.33. The van der Waals surface area contributed by atoms with Crippen molar-refractivity contribution in [3.63, 3.8) is 0 Å². The van der Waals surface area contributed by atoms with Gasteiger partial charge in [0, 0.05) is 31.9 Å². The topological polar surface area (TPSA) is 52.6 Å². The lowest BCUT2D eigenvalue weighted by atomic mass is 10.1. The molecule has 1 aromatic rings. The van der Waals surface area contributed by atoms with Crippen LogP contribution < -0.4 is 10.2 Å². The molecule has 4 nitrogen and oxygen atoms in total. The molecule has 0 aliphatic rings. The normalized spacial score (nSPS) is 14.1. The van der Waals surface area contributed by atoms with Crippen molar-refractivity contribution in [2.24, 2.45) is 0 Å². The maximum atomic E-state index is 11.7. The van der Waals surface area contributed by atoms with Gasteiger partial charge < -0.3 is 15.3 Å².